The van der Waals surface area contributed by atoms with Gasteiger partial charge in [0.2, 0.25) is 0 Å². The van der Waals surface area contributed by atoms with Crippen LogP contribution in [0.4, 0.5) is 0 Å². The topological polar surface area (TPSA) is 0 Å². The van der Waals surface area contributed by atoms with Gasteiger partial charge in [-0.25, -0.2) is 0 Å². The number of halogens is 2. The van der Waals surface area contributed by atoms with E-state index in [1.54, 1.807) is 4.44 Å². The van der Waals surface area contributed by atoms with Crippen LogP contribution in [-0.4, -0.2) is 24.9 Å². The number of hydrogen-bond acceptors (Lipinski definition) is 0. The van der Waals surface area contributed by atoms with Gasteiger partial charge in [-0.2, -0.15) is 0 Å². The molecule has 0 rings (SSSR count). The summed E-state index contributed by atoms with van der Waals surface area (Å²) in [6.07, 6.45) is 2.72. The summed E-state index contributed by atoms with van der Waals surface area (Å²) in [6.45, 7) is 0. The third kappa shape index (κ3) is 7.76. The van der Waals surface area contributed by atoms with Gasteiger partial charge in [0.15, 0.2) is 0 Å². The Balaban J connectivity index is 2.72. The van der Waals surface area contributed by atoms with Gasteiger partial charge in [0, 0.05) is 0 Å². The second-order valence-corrected chi connectivity index (χ2v) is 10.2. The van der Waals surface area contributed by atoms with Crippen LogP contribution in [0.1, 0.15) is 12.8 Å². The molecule has 0 aliphatic rings. The van der Waals surface area contributed by atoms with E-state index in [0.717, 1.165) is 0 Å². The van der Waals surface area contributed by atoms with Crippen LogP contribution in [-0.2, 0) is 0 Å². The number of rotatable bonds is 4. The molecule has 0 nitrogen and oxygen atoms in total. The summed E-state index contributed by atoms with van der Waals surface area (Å²) in [4.78, 5) is 2.43. The van der Waals surface area contributed by atoms with Crippen molar-refractivity contribution in [3.05, 3.63) is 0 Å². The Morgan fingerprint density at radius 3 is 2.50 bits per heavy atom. The van der Waals surface area contributed by atoms with Gasteiger partial charge in [0.05, 0.1) is 0 Å². The van der Waals surface area contributed by atoms with E-state index in [-0.39, 0.29) is 21.1 Å². The van der Waals surface area contributed by atoms with E-state index in [1.807, 2.05) is 0 Å². The zero-order chi connectivity index (χ0) is 6.41. The van der Waals surface area contributed by atoms with Crippen LogP contribution in [0.25, 0.3) is 0 Å². The van der Waals surface area contributed by atoms with Gasteiger partial charge in [-0.05, 0) is 0 Å². The molecule has 0 radical (unpaired) electrons. The Kier molecular flexibility index (Phi) is 8.38. The predicted octanol–water partition coefficient (Wildman–Crippen LogP) is 2.52. The SMILES string of the molecule is [CH3][SnH2][CH2]CCC(Br)Br. The summed E-state index contributed by atoms with van der Waals surface area (Å²) in [7, 11) is 0. The maximum atomic E-state index is 3.44. The fourth-order valence-corrected chi connectivity index (χ4v) is 3.45. The molecule has 3 heteroatoms. The zero-order valence-electron chi connectivity index (χ0n) is 5.16. The van der Waals surface area contributed by atoms with Gasteiger partial charge in [0.1, 0.15) is 0 Å². The van der Waals surface area contributed by atoms with Gasteiger partial charge < -0.3 is 0 Å². The number of alkyl halides is 2. The summed E-state index contributed by atoms with van der Waals surface area (Å²) >= 11 is 6.72. The molecule has 0 aliphatic carbocycles. The Bertz CT molecular complexity index is 47.7. The first-order valence-electron chi connectivity index (χ1n) is 3.05. The zero-order valence-corrected chi connectivity index (χ0v) is 12.4. The normalized spacial score (nSPS) is 12.0. The van der Waals surface area contributed by atoms with Crippen molar-refractivity contribution in [3.8, 4) is 0 Å². The molecule has 0 N–H and O–H groups in total. The van der Waals surface area contributed by atoms with E-state index in [0.29, 0.717) is 3.74 Å². The van der Waals surface area contributed by atoms with E-state index >= 15 is 0 Å². The molecule has 50 valence electrons. The molecule has 0 heterocycles. The molecule has 0 saturated heterocycles. The van der Waals surface area contributed by atoms with E-state index in [9.17, 15) is 0 Å². The van der Waals surface area contributed by atoms with Crippen molar-refractivity contribution in [1.82, 2.24) is 0 Å². The van der Waals surface area contributed by atoms with Crippen LogP contribution < -0.4 is 0 Å². The molecule has 0 spiro atoms. The van der Waals surface area contributed by atoms with Crippen molar-refractivity contribution in [3.63, 3.8) is 0 Å². The minimum absolute atomic E-state index is 0.174. The Hall–Kier alpha value is 1.76. The molecule has 0 unspecified atom stereocenters. The third-order valence-corrected chi connectivity index (χ3v) is 5.39. The van der Waals surface area contributed by atoms with Crippen molar-refractivity contribution in [2.45, 2.75) is 26.0 Å². The first-order chi connectivity index (χ1) is 3.77. The molecule has 0 atom stereocenters. The van der Waals surface area contributed by atoms with Gasteiger partial charge in [-0.3, -0.25) is 0 Å². The molecule has 0 amide bonds. The monoisotopic (exact) mass is 350 g/mol. The van der Waals surface area contributed by atoms with Crippen LogP contribution in [0.15, 0.2) is 0 Å². The molecule has 0 aromatic carbocycles. The van der Waals surface area contributed by atoms with Crippen LogP contribution in [0.5, 0.6) is 0 Å². The molecule has 0 saturated carbocycles. The second-order valence-electron chi connectivity index (χ2n) is 1.89. The minimum atomic E-state index is -0.174. The number of hydrogen-bond donors (Lipinski definition) is 0. The Morgan fingerprint density at radius 2 is 2.12 bits per heavy atom. The quantitative estimate of drug-likeness (QED) is 0.415. The Labute approximate surface area is 78.3 Å². The Morgan fingerprint density at radius 1 is 1.50 bits per heavy atom. The van der Waals surface area contributed by atoms with Crippen molar-refractivity contribution in [2.24, 2.45) is 0 Å². The first-order valence-corrected chi connectivity index (χ1v) is 11.8. The first kappa shape index (κ1) is 9.76. The summed E-state index contributed by atoms with van der Waals surface area (Å²) in [5.74, 6) is 0. The molecule has 8 heavy (non-hydrogen) atoms. The summed E-state index contributed by atoms with van der Waals surface area (Å²) < 4.78 is 2.13. The van der Waals surface area contributed by atoms with Crippen molar-refractivity contribution >= 4 is 53.0 Å². The second kappa shape index (κ2) is 6.87. The van der Waals surface area contributed by atoms with Gasteiger partial charge >= 0.3 is 79.0 Å². The molecule has 0 bridgehead atoms. The molecular weight excluding hydrogens is 339 g/mol. The van der Waals surface area contributed by atoms with E-state index < -0.39 is 0 Å². The average Bonchev–Trinajstić information content (AvgIpc) is 1.66. The molecule has 0 aliphatic heterocycles. The van der Waals surface area contributed by atoms with Crippen molar-refractivity contribution in [2.75, 3.05) is 0 Å². The third-order valence-electron chi connectivity index (χ3n) is 1.03. The van der Waals surface area contributed by atoms with Gasteiger partial charge in [-0.1, -0.05) is 0 Å². The van der Waals surface area contributed by atoms with E-state index in [1.165, 1.54) is 12.8 Å². The van der Waals surface area contributed by atoms with Gasteiger partial charge in [0.25, 0.3) is 0 Å². The van der Waals surface area contributed by atoms with Crippen LogP contribution >= 0.6 is 31.9 Å². The standard InChI is InChI=1S/C4H7Br2.CH3.Sn.2H/c1-2-3-4(5)6;;;;/h4H,1-3H2;1H3;;;. The fourth-order valence-electron chi connectivity index (χ4n) is 0.549. The van der Waals surface area contributed by atoms with Crippen LogP contribution in [0, 0.1) is 0 Å². The van der Waals surface area contributed by atoms with Crippen LogP contribution in [0.2, 0.25) is 9.38 Å². The van der Waals surface area contributed by atoms with Crippen molar-refractivity contribution in [1.29, 1.82) is 0 Å². The summed E-state index contributed by atoms with van der Waals surface area (Å²) in [6, 6.07) is 0. The van der Waals surface area contributed by atoms with Gasteiger partial charge in [-0.15, -0.1) is 0 Å². The average molecular weight is 351 g/mol. The summed E-state index contributed by atoms with van der Waals surface area (Å²) in [5.41, 5.74) is 0. The molecule has 0 aromatic rings. The predicted molar refractivity (Wildman–Crippen MR) is 50.1 cm³/mol. The van der Waals surface area contributed by atoms with Crippen molar-refractivity contribution < 1.29 is 0 Å². The maximum absolute atomic E-state index is 3.44. The van der Waals surface area contributed by atoms with E-state index in [2.05, 4.69) is 36.8 Å². The molecule has 0 fully saturated rings. The fraction of sp³-hybridized carbons (Fsp3) is 1.00. The van der Waals surface area contributed by atoms with Crippen LogP contribution in [0.3, 0.4) is 0 Å². The summed E-state index contributed by atoms with van der Waals surface area (Å²) in [5, 5.41) is 0. The molecular formula is C5H12Br2Sn. The molecule has 0 aromatic heterocycles. The van der Waals surface area contributed by atoms with E-state index in [4.69, 9.17) is 0 Å².